The molecule has 0 radical (unpaired) electrons. The smallest absolute Gasteiger partial charge is 0.347 e. The summed E-state index contributed by atoms with van der Waals surface area (Å²) in [6, 6.07) is 4.92. The lowest BCUT2D eigenvalue weighted by Crippen LogP contribution is -2.23. The van der Waals surface area contributed by atoms with Crippen LogP contribution >= 0.6 is 22.7 Å². The van der Waals surface area contributed by atoms with E-state index in [0.29, 0.717) is 0 Å². The first-order valence-corrected chi connectivity index (χ1v) is 8.08. The Labute approximate surface area is 112 Å². The molecular formula is C10H9NO4S3. The molecule has 0 aromatic carbocycles. The predicted octanol–water partition coefficient (Wildman–Crippen LogP) is 1.99. The average Bonchev–Trinajstić information content (AvgIpc) is 2.98. The van der Waals surface area contributed by atoms with E-state index < -0.39 is 16.0 Å². The Kier molecular flexibility index (Phi) is 3.81. The number of hydrogen-bond acceptors (Lipinski definition) is 5. The van der Waals surface area contributed by atoms with Gasteiger partial charge in [-0.25, -0.2) is 17.9 Å². The average molecular weight is 303 g/mol. The van der Waals surface area contributed by atoms with Crippen molar-refractivity contribution >= 4 is 38.7 Å². The Balaban J connectivity index is 2.20. The van der Waals surface area contributed by atoms with Crippen LogP contribution in [0.2, 0.25) is 0 Å². The molecule has 0 aliphatic heterocycles. The van der Waals surface area contributed by atoms with Crippen molar-refractivity contribution in [3.05, 3.63) is 38.7 Å². The van der Waals surface area contributed by atoms with E-state index in [4.69, 9.17) is 5.11 Å². The fourth-order valence-corrected chi connectivity index (χ4v) is 4.32. The van der Waals surface area contributed by atoms with Crippen molar-refractivity contribution in [3.8, 4) is 0 Å². The van der Waals surface area contributed by atoms with Gasteiger partial charge in [0.2, 0.25) is 10.0 Å². The van der Waals surface area contributed by atoms with Crippen LogP contribution in [0.5, 0.6) is 0 Å². The molecule has 0 saturated heterocycles. The van der Waals surface area contributed by atoms with Gasteiger partial charge in [-0.05, 0) is 22.9 Å². The summed E-state index contributed by atoms with van der Waals surface area (Å²) in [4.78, 5) is 11.4. The van der Waals surface area contributed by atoms with E-state index in [9.17, 15) is 13.2 Å². The monoisotopic (exact) mass is 303 g/mol. The van der Waals surface area contributed by atoms with Crippen LogP contribution in [-0.2, 0) is 16.6 Å². The molecule has 0 aliphatic rings. The summed E-state index contributed by atoms with van der Waals surface area (Å²) in [5.74, 6) is -1.23. The Morgan fingerprint density at radius 2 is 2.06 bits per heavy atom. The van der Waals surface area contributed by atoms with Crippen molar-refractivity contribution in [2.24, 2.45) is 0 Å². The van der Waals surface area contributed by atoms with Gasteiger partial charge in [0.25, 0.3) is 0 Å². The van der Waals surface area contributed by atoms with Gasteiger partial charge in [0.1, 0.15) is 9.77 Å². The minimum absolute atomic E-state index is 0.162. The number of hydrogen-bond donors (Lipinski definition) is 2. The van der Waals surface area contributed by atoms with Gasteiger partial charge < -0.3 is 5.11 Å². The lowest BCUT2D eigenvalue weighted by Gasteiger charge is -2.04. The number of aromatic carboxylic acids is 1. The maximum absolute atomic E-state index is 12.0. The molecule has 18 heavy (non-hydrogen) atoms. The van der Waals surface area contributed by atoms with Crippen LogP contribution < -0.4 is 4.72 Å². The van der Waals surface area contributed by atoms with Gasteiger partial charge in [0, 0.05) is 11.4 Å². The third-order valence-electron chi connectivity index (χ3n) is 2.13. The SMILES string of the molecule is O=C(O)c1sccc1S(=O)(=O)NCc1cccs1. The van der Waals surface area contributed by atoms with E-state index in [1.165, 1.54) is 22.8 Å². The second-order valence-electron chi connectivity index (χ2n) is 3.32. The molecule has 0 aliphatic carbocycles. The third-order valence-corrected chi connectivity index (χ3v) is 5.48. The molecule has 5 nitrogen and oxygen atoms in total. The van der Waals surface area contributed by atoms with Gasteiger partial charge in [0.15, 0.2) is 0 Å². The number of carboxylic acid groups (broad SMARTS) is 1. The maximum Gasteiger partial charge on any atom is 0.347 e. The zero-order valence-corrected chi connectivity index (χ0v) is 11.4. The summed E-state index contributed by atoms with van der Waals surface area (Å²) in [6.45, 7) is 0.162. The highest BCUT2D eigenvalue weighted by molar-refractivity contribution is 7.89. The fourth-order valence-electron chi connectivity index (χ4n) is 1.32. The Hall–Kier alpha value is -1.22. The molecule has 2 aromatic rings. The number of carbonyl (C=O) groups is 1. The molecule has 0 bridgehead atoms. The minimum atomic E-state index is -3.78. The van der Waals surface area contributed by atoms with Crippen LogP contribution in [0.25, 0.3) is 0 Å². The lowest BCUT2D eigenvalue weighted by atomic mass is 10.5. The molecule has 0 unspecified atom stereocenters. The summed E-state index contributed by atoms with van der Waals surface area (Å²) in [5.41, 5.74) is 0. The molecule has 0 fully saturated rings. The molecule has 2 rings (SSSR count). The second-order valence-corrected chi connectivity index (χ2v) is 7.01. The van der Waals surface area contributed by atoms with Crippen molar-refractivity contribution in [2.45, 2.75) is 11.4 Å². The van der Waals surface area contributed by atoms with Crippen LogP contribution in [0.4, 0.5) is 0 Å². The van der Waals surface area contributed by atoms with Crippen molar-refractivity contribution < 1.29 is 18.3 Å². The topological polar surface area (TPSA) is 83.5 Å². The van der Waals surface area contributed by atoms with E-state index in [2.05, 4.69) is 4.72 Å². The summed E-state index contributed by atoms with van der Waals surface area (Å²) < 4.78 is 26.3. The highest BCUT2D eigenvalue weighted by Gasteiger charge is 2.23. The molecule has 2 heterocycles. The summed E-state index contributed by atoms with van der Waals surface area (Å²) >= 11 is 2.32. The van der Waals surface area contributed by atoms with Gasteiger partial charge in [-0.3, -0.25) is 0 Å². The van der Waals surface area contributed by atoms with E-state index in [-0.39, 0.29) is 16.3 Å². The van der Waals surface area contributed by atoms with E-state index in [1.54, 1.807) is 6.07 Å². The number of carboxylic acids is 1. The largest absolute Gasteiger partial charge is 0.477 e. The van der Waals surface area contributed by atoms with Crippen molar-refractivity contribution in [1.82, 2.24) is 4.72 Å². The van der Waals surface area contributed by atoms with Crippen molar-refractivity contribution in [1.29, 1.82) is 0 Å². The first-order valence-electron chi connectivity index (χ1n) is 4.83. The van der Waals surface area contributed by atoms with E-state index in [1.807, 2.05) is 11.4 Å². The first kappa shape index (κ1) is 13.2. The fraction of sp³-hybridized carbons (Fsp3) is 0.100. The van der Waals surface area contributed by atoms with Gasteiger partial charge >= 0.3 is 5.97 Å². The maximum atomic E-state index is 12.0. The van der Waals surface area contributed by atoms with Crippen molar-refractivity contribution in [2.75, 3.05) is 0 Å². The quantitative estimate of drug-likeness (QED) is 0.884. The number of sulfonamides is 1. The van der Waals surface area contributed by atoms with Gasteiger partial charge in [0.05, 0.1) is 0 Å². The number of thiophene rings is 2. The molecule has 0 atom stereocenters. The van der Waals surface area contributed by atoms with Gasteiger partial charge in [-0.15, -0.1) is 22.7 Å². The van der Waals surface area contributed by atoms with Crippen LogP contribution in [-0.4, -0.2) is 19.5 Å². The Bertz CT molecular complexity index is 642. The lowest BCUT2D eigenvalue weighted by molar-refractivity contribution is 0.0698. The number of rotatable bonds is 5. The molecule has 0 spiro atoms. The highest BCUT2D eigenvalue weighted by atomic mass is 32.2. The molecule has 8 heteroatoms. The van der Waals surface area contributed by atoms with Gasteiger partial charge in [-0.1, -0.05) is 6.07 Å². The van der Waals surface area contributed by atoms with Crippen molar-refractivity contribution in [3.63, 3.8) is 0 Å². The molecule has 2 N–H and O–H groups in total. The van der Waals surface area contributed by atoms with E-state index in [0.717, 1.165) is 16.2 Å². The van der Waals surface area contributed by atoms with E-state index >= 15 is 0 Å². The Morgan fingerprint density at radius 3 is 2.67 bits per heavy atom. The third kappa shape index (κ3) is 2.78. The van der Waals surface area contributed by atoms with Crippen LogP contribution in [0.15, 0.2) is 33.9 Å². The summed E-state index contributed by atoms with van der Waals surface area (Å²) in [7, 11) is -3.78. The normalized spacial score (nSPS) is 11.6. The Morgan fingerprint density at radius 1 is 1.28 bits per heavy atom. The molecule has 0 saturated carbocycles. The summed E-state index contributed by atoms with van der Waals surface area (Å²) in [5, 5.41) is 12.2. The molecule has 2 aromatic heterocycles. The number of nitrogens with one attached hydrogen (secondary N) is 1. The minimum Gasteiger partial charge on any atom is -0.477 e. The van der Waals surface area contributed by atoms with Crippen LogP contribution in [0.3, 0.4) is 0 Å². The molecule has 0 amide bonds. The standard InChI is InChI=1S/C10H9NO4S3/c12-10(13)9-8(3-5-17-9)18(14,15)11-6-7-2-1-4-16-7/h1-5,11H,6H2,(H,12,13). The summed E-state index contributed by atoms with van der Waals surface area (Å²) in [6.07, 6.45) is 0. The van der Waals surface area contributed by atoms with Crippen LogP contribution in [0.1, 0.15) is 14.5 Å². The zero-order chi connectivity index (χ0) is 13.2. The zero-order valence-electron chi connectivity index (χ0n) is 8.99. The van der Waals surface area contributed by atoms with Crippen LogP contribution in [0, 0.1) is 0 Å². The second kappa shape index (κ2) is 5.19. The predicted molar refractivity (Wildman–Crippen MR) is 69.6 cm³/mol. The molecular weight excluding hydrogens is 294 g/mol. The highest BCUT2D eigenvalue weighted by Crippen LogP contribution is 2.22. The van der Waals surface area contributed by atoms with Gasteiger partial charge in [-0.2, -0.15) is 0 Å². The molecule has 96 valence electrons. The first-order chi connectivity index (χ1) is 8.50.